The number of furan rings is 1. The number of hydrogen-bond donors (Lipinski definition) is 1. The zero-order chi connectivity index (χ0) is 13.3. The standard InChI is InChI=1S/C9H6F3N3O3/c1-4-13-8(18-15-4)14-7(16)5-2-3-6(17-5)9(10,11)12/h2-3H,1H3,(H,13,14,15,16). The Kier molecular flexibility index (Phi) is 2.81. The number of nitrogens with one attached hydrogen (secondary N) is 1. The molecule has 2 heterocycles. The van der Waals surface area contributed by atoms with E-state index in [1.165, 1.54) is 6.92 Å². The first-order valence-corrected chi connectivity index (χ1v) is 4.65. The predicted molar refractivity (Wildman–Crippen MR) is 50.7 cm³/mol. The molecule has 6 nitrogen and oxygen atoms in total. The molecule has 1 N–H and O–H groups in total. The first kappa shape index (κ1) is 12.1. The average Bonchev–Trinajstić information content (AvgIpc) is 2.85. The van der Waals surface area contributed by atoms with E-state index in [0.29, 0.717) is 6.07 Å². The number of alkyl halides is 3. The predicted octanol–water partition coefficient (Wildman–Crippen LogP) is 2.24. The summed E-state index contributed by atoms with van der Waals surface area (Å²) in [7, 11) is 0. The van der Waals surface area contributed by atoms with Crippen LogP contribution in [0, 0.1) is 6.92 Å². The number of aryl methyl sites for hydroxylation is 1. The molecule has 96 valence electrons. The lowest BCUT2D eigenvalue weighted by molar-refractivity contribution is -0.153. The third-order valence-electron chi connectivity index (χ3n) is 1.86. The van der Waals surface area contributed by atoms with Crippen LogP contribution < -0.4 is 5.32 Å². The van der Waals surface area contributed by atoms with Gasteiger partial charge in [-0.2, -0.15) is 18.2 Å². The number of amides is 1. The van der Waals surface area contributed by atoms with Crippen LogP contribution in [-0.4, -0.2) is 16.0 Å². The highest BCUT2D eigenvalue weighted by Crippen LogP contribution is 2.30. The Hall–Kier alpha value is -2.32. The van der Waals surface area contributed by atoms with Gasteiger partial charge in [0.05, 0.1) is 0 Å². The summed E-state index contributed by atoms with van der Waals surface area (Å²) >= 11 is 0. The van der Waals surface area contributed by atoms with Crippen LogP contribution >= 0.6 is 0 Å². The maximum atomic E-state index is 12.2. The molecule has 18 heavy (non-hydrogen) atoms. The molecule has 0 aliphatic heterocycles. The lowest BCUT2D eigenvalue weighted by atomic mass is 10.4. The van der Waals surface area contributed by atoms with E-state index >= 15 is 0 Å². The quantitative estimate of drug-likeness (QED) is 0.896. The molecule has 0 spiro atoms. The smallest absolute Gasteiger partial charge is 0.446 e. The number of carbonyl (C=O) groups excluding carboxylic acids is 1. The first-order chi connectivity index (χ1) is 8.36. The molecule has 0 aliphatic rings. The van der Waals surface area contributed by atoms with Gasteiger partial charge in [0.2, 0.25) is 5.76 Å². The van der Waals surface area contributed by atoms with Crippen molar-refractivity contribution in [1.82, 2.24) is 10.1 Å². The van der Waals surface area contributed by atoms with E-state index in [9.17, 15) is 18.0 Å². The van der Waals surface area contributed by atoms with E-state index in [2.05, 4.69) is 24.4 Å². The molecule has 0 atom stereocenters. The minimum absolute atomic E-state index is 0.220. The Morgan fingerprint density at radius 3 is 2.61 bits per heavy atom. The number of rotatable bonds is 2. The second kappa shape index (κ2) is 4.17. The molecule has 2 aromatic rings. The van der Waals surface area contributed by atoms with Gasteiger partial charge < -0.3 is 8.94 Å². The second-order valence-electron chi connectivity index (χ2n) is 3.26. The zero-order valence-corrected chi connectivity index (χ0v) is 8.91. The minimum atomic E-state index is -4.64. The lowest BCUT2D eigenvalue weighted by Gasteiger charge is -2.00. The number of nitrogens with zero attached hydrogens (tertiary/aromatic N) is 2. The molecule has 0 saturated heterocycles. The van der Waals surface area contributed by atoms with Crippen LogP contribution in [0.1, 0.15) is 22.1 Å². The minimum Gasteiger partial charge on any atom is -0.446 e. The van der Waals surface area contributed by atoms with Gasteiger partial charge in [0.1, 0.15) is 0 Å². The molecular formula is C9H6F3N3O3. The number of hydrogen-bond acceptors (Lipinski definition) is 5. The fourth-order valence-electron chi connectivity index (χ4n) is 1.12. The maximum absolute atomic E-state index is 12.2. The van der Waals surface area contributed by atoms with Gasteiger partial charge in [-0.3, -0.25) is 10.1 Å². The summed E-state index contributed by atoms with van der Waals surface area (Å²) in [6.07, 6.45) is -4.64. The summed E-state index contributed by atoms with van der Waals surface area (Å²) in [6.45, 7) is 1.52. The van der Waals surface area contributed by atoms with E-state index in [1.54, 1.807) is 0 Å². The van der Waals surface area contributed by atoms with E-state index < -0.39 is 23.6 Å². The van der Waals surface area contributed by atoms with Crippen LogP contribution in [0.25, 0.3) is 0 Å². The van der Waals surface area contributed by atoms with Crippen molar-refractivity contribution < 1.29 is 26.9 Å². The summed E-state index contributed by atoms with van der Waals surface area (Å²) in [4.78, 5) is 15.1. The molecule has 0 saturated carbocycles. The Balaban J connectivity index is 2.12. The van der Waals surface area contributed by atoms with Crippen LogP contribution in [-0.2, 0) is 6.18 Å². The van der Waals surface area contributed by atoms with Crippen molar-refractivity contribution in [3.63, 3.8) is 0 Å². The molecule has 0 fully saturated rings. The zero-order valence-electron chi connectivity index (χ0n) is 8.91. The van der Waals surface area contributed by atoms with E-state index in [-0.39, 0.29) is 11.8 Å². The number of halogens is 3. The molecule has 0 aliphatic carbocycles. The highest BCUT2D eigenvalue weighted by atomic mass is 19.4. The monoisotopic (exact) mass is 261 g/mol. The van der Waals surface area contributed by atoms with Gasteiger partial charge >= 0.3 is 12.2 Å². The van der Waals surface area contributed by atoms with Gasteiger partial charge in [0, 0.05) is 0 Å². The van der Waals surface area contributed by atoms with Crippen molar-refractivity contribution >= 4 is 11.9 Å². The topological polar surface area (TPSA) is 81.2 Å². The highest BCUT2D eigenvalue weighted by Gasteiger charge is 2.35. The largest absolute Gasteiger partial charge is 0.449 e. The van der Waals surface area contributed by atoms with Crippen LogP contribution in [0.5, 0.6) is 0 Å². The van der Waals surface area contributed by atoms with Gasteiger partial charge in [0.25, 0.3) is 5.91 Å². The Morgan fingerprint density at radius 1 is 1.39 bits per heavy atom. The molecule has 2 aromatic heterocycles. The van der Waals surface area contributed by atoms with Gasteiger partial charge in [-0.05, 0) is 19.1 Å². The summed E-state index contributed by atoms with van der Waals surface area (Å²) < 4.78 is 45.6. The molecule has 2 rings (SSSR count). The summed E-state index contributed by atoms with van der Waals surface area (Å²) in [5.74, 6) is -2.39. The molecule has 9 heteroatoms. The Labute approximate surface area is 97.8 Å². The van der Waals surface area contributed by atoms with Crippen LogP contribution in [0.4, 0.5) is 19.2 Å². The molecule has 0 radical (unpaired) electrons. The molecule has 1 amide bonds. The van der Waals surface area contributed by atoms with Crippen LogP contribution in [0.3, 0.4) is 0 Å². The lowest BCUT2D eigenvalue weighted by Crippen LogP contribution is -2.11. The van der Waals surface area contributed by atoms with Crippen molar-refractivity contribution in [2.45, 2.75) is 13.1 Å². The summed E-state index contributed by atoms with van der Waals surface area (Å²) in [5, 5.41) is 5.50. The third kappa shape index (κ3) is 2.50. The Morgan fingerprint density at radius 2 is 2.11 bits per heavy atom. The van der Waals surface area contributed by atoms with Gasteiger partial charge in [-0.25, -0.2) is 0 Å². The number of carbonyl (C=O) groups is 1. The van der Waals surface area contributed by atoms with E-state index in [4.69, 9.17) is 0 Å². The van der Waals surface area contributed by atoms with Gasteiger partial charge in [0.15, 0.2) is 11.6 Å². The molecule has 0 unspecified atom stereocenters. The number of aromatic nitrogens is 2. The Bertz CT molecular complexity index is 573. The van der Waals surface area contributed by atoms with Crippen molar-refractivity contribution in [3.8, 4) is 0 Å². The maximum Gasteiger partial charge on any atom is 0.449 e. The normalized spacial score (nSPS) is 11.6. The van der Waals surface area contributed by atoms with E-state index in [1.807, 2.05) is 0 Å². The van der Waals surface area contributed by atoms with Gasteiger partial charge in [-0.1, -0.05) is 5.16 Å². The first-order valence-electron chi connectivity index (χ1n) is 4.65. The van der Waals surface area contributed by atoms with Crippen LogP contribution in [0.2, 0.25) is 0 Å². The second-order valence-corrected chi connectivity index (χ2v) is 3.26. The third-order valence-corrected chi connectivity index (χ3v) is 1.86. The van der Waals surface area contributed by atoms with Crippen molar-refractivity contribution in [2.24, 2.45) is 0 Å². The summed E-state index contributed by atoms with van der Waals surface area (Å²) in [6, 6.07) is 1.34. The SMILES string of the molecule is Cc1noc(NC(=O)c2ccc(C(F)(F)F)o2)n1. The number of anilines is 1. The average molecular weight is 261 g/mol. The van der Waals surface area contributed by atoms with Crippen molar-refractivity contribution in [2.75, 3.05) is 5.32 Å². The van der Waals surface area contributed by atoms with E-state index in [0.717, 1.165) is 6.07 Å². The molecule has 0 bridgehead atoms. The van der Waals surface area contributed by atoms with Crippen molar-refractivity contribution in [1.29, 1.82) is 0 Å². The molecule has 0 aromatic carbocycles. The summed E-state index contributed by atoms with van der Waals surface area (Å²) in [5.41, 5.74) is 0. The van der Waals surface area contributed by atoms with Gasteiger partial charge in [-0.15, -0.1) is 0 Å². The fourth-order valence-corrected chi connectivity index (χ4v) is 1.12. The highest BCUT2D eigenvalue weighted by molar-refractivity contribution is 6.00. The van der Waals surface area contributed by atoms with Crippen molar-refractivity contribution in [3.05, 3.63) is 29.5 Å². The van der Waals surface area contributed by atoms with Crippen LogP contribution in [0.15, 0.2) is 21.1 Å². The molecular weight excluding hydrogens is 255 g/mol. The fraction of sp³-hybridized carbons (Fsp3) is 0.222.